The van der Waals surface area contributed by atoms with Crippen molar-refractivity contribution < 1.29 is 18.4 Å². The van der Waals surface area contributed by atoms with E-state index in [1.54, 1.807) is 0 Å². The van der Waals surface area contributed by atoms with Crippen molar-refractivity contribution in [1.29, 1.82) is 0 Å². The molecule has 0 saturated heterocycles. The number of hydrogen-bond donors (Lipinski definition) is 0. The molecule has 0 bridgehead atoms. The van der Waals surface area contributed by atoms with Gasteiger partial charge in [0.1, 0.15) is 24.6 Å². The van der Waals surface area contributed by atoms with Crippen LogP contribution in [0.1, 0.15) is 23.1 Å². The van der Waals surface area contributed by atoms with Gasteiger partial charge in [0.05, 0.1) is 33.1 Å². The third kappa shape index (κ3) is 6.80. The summed E-state index contributed by atoms with van der Waals surface area (Å²) < 4.78 is 19.8. The van der Waals surface area contributed by atoms with Gasteiger partial charge in [-0.3, -0.25) is 4.79 Å². The topological polar surface area (TPSA) is 48.7 Å². The minimum Gasteiger partial charge on any atom is -0.485 e. The van der Waals surface area contributed by atoms with E-state index in [-0.39, 0.29) is 5.43 Å². The summed E-state index contributed by atoms with van der Waals surface area (Å²) in [6.07, 6.45) is 1.50. The summed E-state index contributed by atoms with van der Waals surface area (Å²) >= 11 is 0. The molecule has 204 valence electrons. The highest BCUT2D eigenvalue weighted by molar-refractivity contribution is 5.80. The molecule has 40 heavy (non-hydrogen) atoms. The first kappa shape index (κ1) is 27.2. The van der Waals surface area contributed by atoms with E-state index in [2.05, 4.69) is 21.1 Å². The number of fused-ring (bicyclic) bond motifs is 1. The molecule has 5 rings (SSSR count). The molecule has 0 radical (unpaired) electrons. The zero-order chi connectivity index (χ0) is 28.0. The summed E-state index contributed by atoms with van der Waals surface area (Å²) in [6.45, 7) is 1.76. The van der Waals surface area contributed by atoms with E-state index in [9.17, 15) is 4.79 Å². The van der Waals surface area contributed by atoms with Crippen molar-refractivity contribution in [2.24, 2.45) is 0 Å². The molecule has 0 aliphatic heterocycles. The van der Waals surface area contributed by atoms with E-state index >= 15 is 0 Å². The molecule has 1 heterocycles. The monoisotopic (exact) mass is 534 g/mol. The Morgan fingerprint density at radius 2 is 1.30 bits per heavy atom. The molecule has 0 atom stereocenters. The van der Waals surface area contributed by atoms with Crippen LogP contribution in [0.15, 0.2) is 112 Å². The highest BCUT2D eigenvalue weighted by atomic mass is 16.5. The molecule has 5 aromatic rings. The highest BCUT2D eigenvalue weighted by Crippen LogP contribution is 2.36. The average Bonchev–Trinajstić information content (AvgIpc) is 2.97. The number of nitrogens with zero attached hydrogens (tertiary/aromatic N) is 1. The summed E-state index contributed by atoms with van der Waals surface area (Å²) in [5, 5.41) is 0.606. The quantitative estimate of drug-likeness (QED) is 0.167. The maximum absolute atomic E-state index is 13.7. The lowest BCUT2D eigenvalue weighted by Gasteiger charge is -2.23. The zero-order valence-corrected chi connectivity index (χ0v) is 23.4. The van der Waals surface area contributed by atoms with Crippen LogP contribution in [-0.2, 0) is 19.6 Å². The molecule has 0 amide bonds. The van der Waals surface area contributed by atoms with Crippen molar-refractivity contribution in [2.45, 2.75) is 26.1 Å². The third-order valence-corrected chi connectivity index (χ3v) is 6.83. The lowest BCUT2D eigenvalue weighted by atomic mass is 10.00. The fourth-order valence-electron chi connectivity index (χ4n) is 4.72. The predicted octanol–water partition coefficient (Wildman–Crippen LogP) is 7.26. The summed E-state index contributed by atoms with van der Waals surface area (Å²) in [5.74, 6) is 1.83. The molecule has 0 aliphatic rings. The molecule has 0 spiro atoms. The van der Waals surface area contributed by atoms with Crippen LogP contribution in [0, 0.1) is 0 Å². The fourth-order valence-corrected chi connectivity index (χ4v) is 4.72. The number of quaternary nitrogens is 1. The summed E-state index contributed by atoms with van der Waals surface area (Å²) in [7, 11) is 6.48. The number of ether oxygens (including phenoxy) is 2. The Balaban J connectivity index is 1.53. The third-order valence-electron chi connectivity index (χ3n) is 6.83. The number of hydrogen-bond acceptors (Lipinski definition) is 4. The maximum Gasteiger partial charge on any atom is 0.196 e. The molecule has 0 unspecified atom stereocenters. The van der Waals surface area contributed by atoms with Crippen LogP contribution in [0.4, 0.5) is 0 Å². The number of rotatable bonds is 11. The van der Waals surface area contributed by atoms with Crippen LogP contribution in [0.3, 0.4) is 0 Å². The van der Waals surface area contributed by atoms with Gasteiger partial charge in [0, 0.05) is 17.5 Å². The van der Waals surface area contributed by atoms with Gasteiger partial charge in [-0.1, -0.05) is 72.8 Å². The van der Waals surface area contributed by atoms with E-state index in [0.29, 0.717) is 53.4 Å². The maximum atomic E-state index is 13.7. The van der Waals surface area contributed by atoms with E-state index in [1.165, 1.54) is 0 Å². The fraction of sp³-hybridized carbons (Fsp3) is 0.229. The van der Waals surface area contributed by atoms with E-state index in [4.69, 9.17) is 13.9 Å². The van der Waals surface area contributed by atoms with Crippen molar-refractivity contribution in [2.75, 3.05) is 27.7 Å². The molecule has 1 aromatic heterocycles. The molecule has 0 saturated carbocycles. The van der Waals surface area contributed by atoms with Crippen LogP contribution >= 0.6 is 0 Å². The molecule has 5 heteroatoms. The van der Waals surface area contributed by atoms with Crippen molar-refractivity contribution in [3.8, 4) is 22.8 Å². The second kappa shape index (κ2) is 12.2. The Morgan fingerprint density at radius 1 is 0.700 bits per heavy atom. The first-order chi connectivity index (χ1) is 19.4. The number of benzene rings is 4. The zero-order valence-electron chi connectivity index (χ0n) is 23.4. The first-order valence-electron chi connectivity index (χ1n) is 13.7. The Hall–Kier alpha value is -4.35. The van der Waals surface area contributed by atoms with Crippen molar-refractivity contribution in [1.82, 2.24) is 0 Å². The lowest BCUT2D eigenvalue weighted by Crippen LogP contribution is -2.35. The van der Waals surface area contributed by atoms with Crippen LogP contribution in [-0.4, -0.2) is 32.2 Å². The van der Waals surface area contributed by atoms with Gasteiger partial charge in [-0.2, -0.15) is 0 Å². The van der Waals surface area contributed by atoms with E-state index in [0.717, 1.165) is 34.1 Å². The summed E-state index contributed by atoms with van der Waals surface area (Å²) in [6, 6.07) is 33.3. The van der Waals surface area contributed by atoms with Crippen LogP contribution in [0.5, 0.6) is 11.5 Å². The van der Waals surface area contributed by atoms with Gasteiger partial charge in [-0.05, 0) is 47.9 Å². The van der Waals surface area contributed by atoms with E-state index in [1.807, 2.05) is 103 Å². The Bertz CT molecular complexity index is 1620. The predicted molar refractivity (Wildman–Crippen MR) is 161 cm³/mol. The molecular formula is C35H36NO4+. The van der Waals surface area contributed by atoms with E-state index < -0.39 is 0 Å². The summed E-state index contributed by atoms with van der Waals surface area (Å²) in [4.78, 5) is 13.7. The van der Waals surface area contributed by atoms with Crippen molar-refractivity contribution >= 4 is 11.0 Å². The van der Waals surface area contributed by atoms with Crippen LogP contribution in [0.2, 0.25) is 0 Å². The minimum absolute atomic E-state index is 0.0226. The first-order valence-corrected chi connectivity index (χ1v) is 13.7. The highest BCUT2D eigenvalue weighted by Gasteiger charge is 2.19. The second-order valence-electron chi connectivity index (χ2n) is 11.1. The molecular weight excluding hydrogens is 498 g/mol. The molecule has 0 N–H and O–H groups in total. The van der Waals surface area contributed by atoms with Gasteiger partial charge < -0.3 is 18.4 Å². The second-order valence-corrected chi connectivity index (χ2v) is 11.1. The molecule has 5 nitrogen and oxygen atoms in total. The Labute approximate surface area is 235 Å². The smallest absolute Gasteiger partial charge is 0.196 e. The molecule has 4 aromatic carbocycles. The van der Waals surface area contributed by atoms with Crippen LogP contribution < -0.4 is 14.9 Å². The molecule has 0 fully saturated rings. The van der Waals surface area contributed by atoms with Crippen molar-refractivity contribution in [3.05, 3.63) is 130 Å². The Morgan fingerprint density at radius 3 is 1.95 bits per heavy atom. The van der Waals surface area contributed by atoms with Gasteiger partial charge in [0.25, 0.3) is 0 Å². The van der Waals surface area contributed by atoms with Crippen molar-refractivity contribution in [3.63, 3.8) is 0 Å². The Kier molecular flexibility index (Phi) is 8.32. The van der Waals surface area contributed by atoms with Gasteiger partial charge in [0.15, 0.2) is 16.9 Å². The average molecular weight is 535 g/mol. The van der Waals surface area contributed by atoms with Gasteiger partial charge in [-0.15, -0.1) is 0 Å². The van der Waals surface area contributed by atoms with Gasteiger partial charge in [-0.25, -0.2) is 0 Å². The number of para-hydroxylation sites is 1. The standard InChI is InChI=1S/C35H36NO4/c1-36(2,3)22-12-18-30-34(37)29-17-10-11-19-31(29)40-35(30)28-20-21-32(38-24-26-13-6-4-7-14-26)33(23-28)39-25-27-15-8-5-9-16-27/h4-11,13-17,19-21,23H,12,18,22,24-25H2,1-3H3/q+1. The van der Waals surface area contributed by atoms with Gasteiger partial charge >= 0.3 is 0 Å². The molecule has 0 aliphatic carbocycles. The lowest BCUT2D eigenvalue weighted by molar-refractivity contribution is -0.870. The normalized spacial score (nSPS) is 11.5. The van der Waals surface area contributed by atoms with Crippen LogP contribution in [0.25, 0.3) is 22.3 Å². The summed E-state index contributed by atoms with van der Waals surface area (Å²) in [5.41, 5.74) is 4.21. The SMILES string of the molecule is C[N+](C)(C)CCCc1c(-c2ccc(OCc3ccccc3)c(OCc3ccccc3)c2)oc2ccccc2c1=O. The largest absolute Gasteiger partial charge is 0.485 e. The minimum atomic E-state index is 0.0226. The van der Waals surface area contributed by atoms with Gasteiger partial charge in [0.2, 0.25) is 0 Å².